The van der Waals surface area contributed by atoms with Gasteiger partial charge in [0.15, 0.2) is 0 Å². The zero-order chi connectivity index (χ0) is 19.9. The summed E-state index contributed by atoms with van der Waals surface area (Å²) in [6.07, 6.45) is 0.763. The molecule has 1 aromatic heterocycles. The van der Waals surface area contributed by atoms with Gasteiger partial charge in [0.05, 0.1) is 19.9 Å². The Kier molecular flexibility index (Phi) is 7.25. The van der Waals surface area contributed by atoms with Crippen molar-refractivity contribution in [3.63, 3.8) is 0 Å². The van der Waals surface area contributed by atoms with Crippen LogP contribution in [0.3, 0.4) is 0 Å². The molecule has 6 nitrogen and oxygen atoms in total. The van der Waals surface area contributed by atoms with Crippen molar-refractivity contribution >= 4 is 0 Å². The van der Waals surface area contributed by atoms with Gasteiger partial charge in [-0.05, 0) is 43.2 Å². The Labute approximate surface area is 167 Å². The van der Waals surface area contributed by atoms with E-state index in [2.05, 4.69) is 39.0 Å². The van der Waals surface area contributed by atoms with Crippen molar-refractivity contribution in [1.82, 2.24) is 14.8 Å². The van der Waals surface area contributed by atoms with Crippen LogP contribution < -0.4 is 9.47 Å². The number of aliphatic hydroxyl groups excluding tert-OH is 1. The first-order valence-corrected chi connectivity index (χ1v) is 9.83. The third kappa shape index (κ3) is 5.44. The Bertz CT molecular complexity index is 746. The third-order valence-corrected chi connectivity index (χ3v) is 5.28. The molecule has 1 aromatic carbocycles. The second-order valence-electron chi connectivity index (χ2n) is 7.36. The zero-order valence-corrected chi connectivity index (χ0v) is 17.1. The number of hydrogen-bond donors (Lipinski definition) is 1. The summed E-state index contributed by atoms with van der Waals surface area (Å²) < 4.78 is 10.8. The van der Waals surface area contributed by atoms with Gasteiger partial charge in [-0.2, -0.15) is 0 Å². The number of aryl methyl sites for hydroxylation is 1. The normalized spacial score (nSPS) is 18.2. The van der Waals surface area contributed by atoms with Crippen LogP contribution in [-0.2, 0) is 13.1 Å². The number of methoxy groups -OCH3 is 2. The molecule has 0 amide bonds. The fourth-order valence-electron chi connectivity index (χ4n) is 3.84. The van der Waals surface area contributed by atoms with Crippen molar-refractivity contribution < 1.29 is 14.6 Å². The lowest BCUT2D eigenvalue weighted by Gasteiger charge is -2.41. The molecule has 2 heterocycles. The van der Waals surface area contributed by atoms with Crippen LogP contribution in [0.25, 0.3) is 0 Å². The molecular formula is C22H31N3O3. The van der Waals surface area contributed by atoms with Crippen LogP contribution in [0.1, 0.15) is 23.4 Å². The van der Waals surface area contributed by atoms with E-state index in [-0.39, 0.29) is 6.61 Å². The van der Waals surface area contributed by atoms with Gasteiger partial charge in [-0.25, -0.2) is 0 Å². The van der Waals surface area contributed by atoms with E-state index in [9.17, 15) is 5.11 Å². The maximum Gasteiger partial charge on any atom is 0.122 e. The van der Waals surface area contributed by atoms with Crippen LogP contribution in [0.5, 0.6) is 11.5 Å². The van der Waals surface area contributed by atoms with Crippen molar-refractivity contribution in [3.8, 4) is 11.5 Å². The summed E-state index contributed by atoms with van der Waals surface area (Å²) >= 11 is 0. The average Bonchev–Trinajstić information content (AvgIpc) is 2.70. The Morgan fingerprint density at radius 3 is 2.46 bits per heavy atom. The molecule has 0 bridgehead atoms. The van der Waals surface area contributed by atoms with Crippen LogP contribution in [0.15, 0.2) is 36.4 Å². The first kappa shape index (κ1) is 20.6. The van der Waals surface area contributed by atoms with Crippen LogP contribution in [0.2, 0.25) is 0 Å². The molecule has 3 rings (SSSR count). The molecule has 0 saturated carbocycles. The van der Waals surface area contributed by atoms with Gasteiger partial charge in [0.25, 0.3) is 0 Å². The summed E-state index contributed by atoms with van der Waals surface area (Å²) in [5, 5.41) is 9.58. The lowest BCUT2D eigenvalue weighted by molar-refractivity contribution is 0.0493. The van der Waals surface area contributed by atoms with Crippen LogP contribution in [-0.4, -0.2) is 66.4 Å². The highest BCUT2D eigenvalue weighted by Gasteiger charge is 2.27. The number of aromatic nitrogens is 1. The molecule has 1 aliphatic heterocycles. The molecule has 1 saturated heterocycles. The SMILES string of the molecule is COc1cc(CN2CCN(Cc3cccc(C)n3)CC2CCO)cc(OC)c1. The summed E-state index contributed by atoms with van der Waals surface area (Å²) in [4.78, 5) is 9.52. The quantitative estimate of drug-likeness (QED) is 0.753. The Balaban J connectivity index is 1.67. The van der Waals surface area contributed by atoms with Gasteiger partial charge < -0.3 is 14.6 Å². The molecular weight excluding hydrogens is 354 g/mol. The average molecular weight is 386 g/mol. The van der Waals surface area contributed by atoms with E-state index in [0.29, 0.717) is 6.04 Å². The molecule has 1 N–H and O–H groups in total. The largest absolute Gasteiger partial charge is 0.497 e. The molecule has 2 aromatic rings. The number of piperazine rings is 1. The smallest absolute Gasteiger partial charge is 0.122 e. The predicted molar refractivity (Wildman–Crippen MR) is 110 cm³/mol. The van der Waals surface area contributed by atoms with E-state index < -0.39 is 0 Å². The van der Waals surface area contributed by atoms with Gasteiger partial charge in [-0.1, -0.05) is 6.07 Å². The molecule has 0 spiro atoms. The van der Waals surface area contributed by atoms with E-state index in [0.717, 1.165) is 67.6 Å². The van der Waals surface area contributed by atoms with E-state index in [1.807, 2.05) is 19.1 Å². The fourth-order valence-corrected chi connectivity index (χ4v) is 3.84. The van der Waals surface area contributed by atoms with E-state index in [1.165, 1.54) is 0 Å². The molecule has 1 aliphatic rings. The number of pyridine rings is 1. The second kappa shape index (κ2) is 9.87. The van der Waals surface area contributed by atoms with Gasteiger partial charge in [0, 0.05) is 57.1 Å². The number of benzene rings is 1. The third-order valence-electron chi connectivity index (χ3n) is 5.28. The number of aliphatic hydroxyl groups is 1. The number of nitrogens with zero attached hydrogens (tertiary/aromatic N) is 3. The van der Waals surface area contributed by atoms with Crippen LogP contribution in [0, 0.1) is 6.92 Å². The van der Waals surface area contributed by atoms with Crippen molar-refractivity contribution in [2.45, 2.75) is 32.5 Å². The van der Waals surface area contributed by atoms with Crippen LogP contribution in [0.4, 0.5) is 0 Å². The molecule has 1 atom stereocenters. The van der Waals surface area contributed by atoms with E-state index >= 15 is 0 Å². The van der Waals surface area contributed by atoms with Crippen molar-refractivity contribution in [1.29, 1.82) is 0 Å². The van der Waals surface area contributed by atoms with E-state index in [1.54, 1.807) is 14.2 Å². The van der Waals surface area contributed by atoms with Gasteiger partial charge in [-0.15, -0.1) is 0 Å². The van der Waals surface area contributed by atoms with Crippen molar-refractivity contribution in [2.75, 3.05) is 40.5 Å². The number of hydrogen-bond acceptors (Lipinski definition) is 6. The first-order valence-electron chi connectivity index (χ1n) is 9.83. The van der Waals surface area contributed by atoms with Gasteiger partial charge in [-0.3, -0.25) is 14.8 Å². The van der Waals surface area contributed by atoms with Gasteiger partial charge >= 0.3 is 0 Å². The molecule has 28 heavy (non-hydrogen) atoms. The van der Waals surface area contributed by atoms with Gasteiger partial charge in [0.1, 0.15) is 11.5 Å². The fraction of sp³-hybridized carbons (Fsp3) is 0.500. The molecule has 6 heteroatoms. The minimum Gasteiger partial charge on any atom is -0.497 e. The Hall–Kier alpha value is -2.15. The maximum absolute atomic E-state index is 9.58. The Morgan fingerprint density at radius 1 is 1.07 bits per heavy atom. The standard InChI is InChI=1S/C22H31N3O3/c1-17-5-4-6-19(23-17)15-24-8-9-25(20(16-24)7-10-26)14-18-11-21(27-2)13-22(12-18)28-3/h4-6,11-13,20,26H,7-10,14-16H2,1-3H3. The Morgan fingerprint density at radius 2 is 1.82 bits per heavy atom. The lowest BCUT2D eigenvalue weighted by Crippen LogP contribution is -2.52. The summed E-state index contributed by atoms with van der Waals surface area (Å²) in [5.74, 6) is 1.61. The van der Waals surface area contributed by atoms with Gasteiger partial charge in [0.2, 0.25) is 0 Å². The molecule has 152 valence electrons. The van der Waals surface area contributed by atoms with E-state index in [4.69, 9.17) is 9.47 Å². The first-order chi connectivity index (χ1) is 13.6. The number of ether oxygens (including phenoxy) is 2. The summed E-state index contributed by atoms with van der Waals surface area (Å²) in [6.45, 7) is 6.75. The number of rotatable bonds is 8. The highest BCUT2D eigenvalue weighted by Crippen LogP contribution is 2.25. The minimum atomic E-state index is 0.194. The lowest BCUT2D eigenvalue weighted by atomic mass is 10.1. The monoisotopic (exact) mass is 385 g/mol. The molecule has 0 aliphatic carbocycles. The highest BCUT2D eigenvalue weighted by molar-refractivity contribution is 5.38. The zero-order valence-electron chi connectivity index (χ0n) is 17.1. The molecule has 0 radical (unpaired) electrons. The molecule has 1 unspecified atom stereocenters. The molecule has 1 fully saturated rings. The van der Waals surface area contributed by atoms with Crippen LogP contribution >= 0.6 is 0 Å². The maximum atomic E-state index is 9.58. The van der Waals surface area contributed by atoms with Crippen molar-refractivity contribution in [2.24, 2.45) is 0 Å². The topological polar surface area (TPSA) is 58.1 Å². The summed E-state index contributed by atoms with van der Waals surface area (Å²) in [6, 6.07) is 12.5. The summed E-state index contributed by atoms with van der Waals surface area (Å²) in [5.41, 5.74) is 3.32. The summed E-state index contributed by atoms with van der Waals surface area (Å²) in [7, 11) is 3.34. The van der Waals surface area contributed by atoms with Crippen molar-refractivity contribution in [3.05, 3.63) is 53.3 Å². The second-order valence-corrected chi connectivity index (χ2v) is 7.36. The predicted octanol–water partition coefficient (Wildman–Crippen LogP) is 2.48. The highest BCUT2D eigenvalue weighted by atomic mass is 16.5. The minimum absolute atomic E-state index is 0.194.